The summed E-state index contributed by atoms with van der Waals surface area (Å²) in [7, 11) is 0. The number of carbonyl (C=O) groups excluding carboxylic acids is 1. The Balaban J connectivity index is 2.18. The van der Waals surface area contributed by atoms with Crippen LogP contribution in [-0.4, -0.2) is 16.0 Å². The Hall–Kier alpha value is -2.37. The SMILES string of the molecule is Cc1cc(C)c(CNC(=O)c2c(C)noc2C)c(=O)[nH]1. The van der Waals surface area contributed by atoms with Crippen LogP contribution >= 0.6 is 0 Å². The van der Waals surface area contributed by atoms with Gasteiger partial charge in [0.2, 0.25) is 0 Å². The number of H-pyrrole nitrogens is 1. The van der Waals surface area contributed by atoms with E-state index < -0.39 is 0 Å². The highest BCUT2D eigenvalue weighted by Gasteiger charge is 2.17. The Bertz CT molecular complexity index is 693. The van der Waals surface area contributed by atoms with E-state index in [1.807, 2.05) is 19.9 Å². The van der Waals surface area contributed by atoms with Crippen LogP contribution in [0.4, 0.5) is 0 Å². The molecule has 0 saturated carbocycles. The smallest absolute Gasteiger partial charge is 0.257 e. The monoisotopic (exact) mass is 275 g/mol. The molecule has 6 nitrogen and oxygen atoms in total. The van der Waals surface area contributed by atoms with E-state index in [1.54, 1.807) is 13.8 Å². The number of hydrogen-bond donors (Lipinski definition) is 2. The van der Waals surface area contributed by atoms with E-state index in [0.717, 1.165) is 11.3 Å². The number of pyridine rings is 1. The van der Waals surface area contributed by atoms with E-state index >= 15 is 0 Å². The molecule has 2 rings (SSSR count). The lowest BCUT2D eigenvalue weighted by molar-refractivity contribution is 0.0948. The van der Waals surface area contributed by atoms with Gasteiger partial charge < -0.3 is 14.8 Å². The lowest BCUT2D eigenvalue weighted by Gasteiger charge is -2.07. The molecule has 106 valence electrons. The molecule has 2 aromatic rings. The zero-order valence-corrected chi connectivity index (χ0v) is 12.0. The molecule has 2 N–H and O–H groups in total. The molecule has 0 aliphatic heterocycles. The summed E-state index contributed by atoms with van der Waals surface area (Å²) in [6.07, 6.45) is 0. The average molecular weight is 275 g/mol. The van der Waals surface area contributed by atoms with Crippen LogP contribution in [0.3, 0.4) is 0 Å². The second-order valence-electron chi connectivity index (χ2n) is 4.82. The minimum atomic E-state index is -0.291. The minimum Gasteiger partial charge on any atom is -0.361 e. The number of rotatable bonds is 3. The summed E-state index contributed by atoms with van der Waals surface area (Å²) < 4.78 is 4.95. The van der Waals surface area contributed by atoms with Crippen molar-refractivity contribution in [3.05, 3.63) is 50.3 Å². The van der Waals surface area contributed by atoms with Crippen LogP contribution in [0.5, 0.6) is 0 Å². The molecule has 2 aromatic heterocycles. The Kier molecular flexibility index (Phi) is 3.74. The molecule has 1 amide bonds. The van der Waals surface area contributed by atoms with E-state index in [-0.39, 0.29) is 18.0 Å². The fourth-order valence-electron chi connectivity index (χ4n) is 2.17. The van der Waals surface area contributed by atoms with Gasteiger partial charge in [0.1, 0.15) is 11.3 Å². The molecule has 0 fully saturated rings. The summed E-state index contributed by atoms with van der Waals surface area (Å²) in [5, 5.41) is 6.46. The average Bonchev–Trinajstić information content (AvgIpc) is 2.67. The van der Waals surface area contributed by atoms with Crippen LogP contribution < -0.4 is 10.9 Å². The fourth-order valence-corrected chi connectivity index (χ4v) is 2.17. The van der Waals surface area contributed by atoms with Gasteiger partial charge in [-0.1, -0.05) is 5.16 Å². The molecular weight excluding hydrogens is 258 g/mol. The van der Waals surface area contributed by atoms with Crippen LogP contribution in [0.2, 0.25) is 0 Å². The molecule has 0 unspecified atom stereocenters. The molecule has 0 aromatic carbocycles. The molecule has 20 heavy (non-hydrogen) atoms. The van der Waals surface area contributed by atoms with E-state index in [9.17, 15) is 9.59 Å². The first-order valence-corrected chi connectivity index (χ1v) is 6.30. The second kappa shape index (κ2) is 5.32. The summed E-state index contributed by atoms with van der Waals surface area (Å²) in [5.41, 5.74) is 2.98. The van der Waals surface area contributed by atoms with Crippen molar-refractivity contribution in [2.45, 2.75) is 34.2 Å². The van der Waals surface area contributed by atoms with Gasteiger partial charge in [-0.05, 0) is 39.3 Å². The van der Waals surface area contributed by atoms with Crippen molar-refractivity contribution in [3.63, 3.8) is 0 Å². The number of nitrogens with zero attached hydrogens (tertiary/aromatic N) is 1. The number of hydrogen-bond acceptors (Lipinski definition) is 4. The largest absolute Gasteiger partial charge is 0.361 e. The molecule has 0 radical (unpaired) electrons. The highest BCUT2D eigenvalue weighted by molar-refractivity contribution is 5.96. The summed E-state index contributed by atoms with van der Waals surface area (Å²) in [6.45, 7) is 7.22. The Morgan fingerprint density at radius 2 is 2.05 bits per heavy atom. The van der Waals surface area contributed by atoms with Crippen molar-refractivity contribution in [3.8, 4) is 0 Å². The standard InChI is InChI=1S/C14H17N3O3/c1-7-5-8(2)16-13(18)11(7)6-15-14(19)12-9(3)17-20-10(12)4/h5H,6H2,1-4H3,(H,15,19)(H,16,18). The number of aromatic amines is 1. The van der Waals surface area contributed by atoms with Gasteiger partial charge in [0.05, 0.1) is 5.69 Å². The third-order valence-corrected chi connectivity index (χ3v) is 3.18. The minimum absolute atomic E-state index is 0.171. The fraction of sp³-hybridized carbons (Fsp3) is 0.357. The highest BCUT2D eigenvalue weighted by atomic mass is 16.5. The molecule has 6 heteroatoms. The van der Waals surface area contributed by atoms with Gasteiger partial charge in [0, 0.05) is 17.8 Å². The van der Waals surface area contributed by atoms with E-state index in [0.29, 0.717) is 22.6 Å². The lowest BCUT2D eigenvalue weighted by atomic mass is 10.1. The quantitative estimate of drug-likeness (QED) is 0.889. The predicted molar refractivity (Wildman–Crippen MR) is 73.7 cm³/mol. The number of amides is 1. The summed E-state index contributed by atoms with van der Waals surface area (Å²) in [6, 6.07) is 1.87. The van der Waals surface area contributed by atoms with E-state index in [4.69, 9.17) is 4.52 Å². The van der Waals surface area contributed by atoms with Gasteiger partial charge >= 0.3 is 0 Å². The van der Waals surface area contributed by atoms with E-state index in [1.165, 1.54) is 0 Å². The van der Waals surface area contributed by atoms with Gasteiger partial charge in [-0.2, -0.15) is 0 Å². The zero-order valence-electron chi connectivity index (χ0n) is 12.0. The van der Waals surface area contributed by atoms with Crippen molar-refractivity contribution in [1.29, 1.82) is 0 Å². The molecule has 0 aliphatic carbocycles. The van der Waals surface area contributed by atoms with Crippen LogP contribution in [0.1, 0.15) is 38.6 Å². The molecule has 0 spiro atoms. The predicted octanol–water partition coefficient (Wildman–Crippen LogP) is 1.53. The van der Waals surface area contributed by atoms with Crippen molar-refractivity contribution in [2.75, 3.05) is 0 Å². The molecule has 0 aliphatic rings. The zero-order chi connectivity index (χ0) is 14.9. The Morgan fingerprint density at radius 1 is 1.35 bits per heavy atom. The van der Waals surface area contributed by atoms with Crippen LogP contribution in [0.25, 0.3) is 0 Å². The van der Waals surface area contributed by atoms with Crippen LogP contribution in [0.15, 0.2) is 15.4 Å². The van der Waals surface area contributed by atoms with Gasteiger partial charge in [-0.25, -0.2) is 0 Å². The Morgan fingerprint density at radius 3 is 2.60 bits per heavy atom. The number of aromatic nitrogens is 2. The first-order chi connectivity index (χ1) is 9.40. The van der Waals surface area contributed by atoms with E-state index in [2.05, 4.69) is 15.5 Å². The maximum atomic E-state index is 12.1. The second-order valence-corrected chi connectivity index (χ2v) is 4.82. The summed E-state index contributed by atoms with van der Waals surface area (Å²) in [5.74, 6) is 0.176. The van der Waals surface area contributed by atoms with Gasteiger partial charge in [0.15, 0.2) is 0 Å². The maximum absolute atomic E-state index is 12.1. The lowest BCUT2D eigenvalue weighted by Crippen LogP contribution is -2.28. The molecule has 0 atom stereocenters. The number of nitrogens with one attached hydrogen (secondary N) is 2. The third-order valence-electron chi connectivity index (χ3n) is 3.18. The maximum Gasteiger partial charge on any atom is 0.257 e. The van der Waals surface area contributed by atoms with Gasteiger partial charge in [0.25, 0.3) is 11.5 Å². The first-order valence-electron chi connectivity index (χ1n) is 6.30. The highest BCUT2D eigenvalue weighted by Crippen LogP contribution is 2.12. The summed E-state index contributed by atoms with van der Waals surface area (Å²) in [4.78, 5) is 26.7. The van der Waals surface area contributed by atoms with Crippen LogP contribution in [0, 0.1) is 27.7 Å². The molecular formula is C14H17N3O3. The number of aryl methyl sites for hydroxylation is 4. The van der Waals surface area contributed by atoms with Gasteiger partial charge in [-0.15, -0.1) is 0 Å². The topological polar surface area (TPSA) is 88.0 Å². The first kappa shape index (κ1) is 14.0. The normalized spacial score (nSPS) is 10.6. The molecule has 0 saturated heterocycles. The third kappa shape index (κ3) is 2.64. The van der Waals surface area contributed by atoms with Crippen molar-refractivity contribution in [2.24, 2.45) is 0 Å². The molecule has 0 bridgehead atoms. The van der Waals surface area contributed by atoms with Gasteiger partial charge in [-0.3, -0.25) is 9.59 Å². The van der Waals surface area contributed by atoms with Crippen molar-refractivity contribution >= 4 is 5.91 Å². The van der Waals surface area contributed by atoms with Crippen molar-refractivity contribution in [1.82, 2.24) is 15.5 Å². The number of carbonyl (C=O) groups is 1. The van der Waals surface area contributed by atoms with Crippen molar-refractivity contribution < 1.29 is 9.32 Å². The van der Waals surface area contributed by atoms with Crippen LogP contribution in [-0.2, 0) is 6.54 Å². The Labute approximate surface area is 116 Å². The molecule has 2 heterocycles. The summed E-state index contributed by atoms with van der Waals surface area (Å²) >= 11 is 0.